The van der Waals surface area contributed by atoms with Gasteiger partial charge in [0.15, 0.2) is 0 Å². The van der Waals surface area contributed by atoms with Crippen LogP contribution in [0.3, 0.4) is 0 Å². The van der Waals surface area contributed by atoms with Crippen LogP contribution in [-0.4, -0.2) is 38.8 Å². The van der Waals surface area contributed by atoms with Crippen LogP contribution < -0.4 is 5.32 Å². The van der Waals surface area contributed by atoms with Crippen molar-refractivity contribution < 1.29 is 4.79 Å². The molecule has 4 heterocycles. The number of hydrogen-bond donors (Lipinski definition) is 2. The molecule has 1 saturated carbocycles. The molecule has 2 aliphatic rings. The summed E-state index contributed by atoms with van der Waals surface area (Å²) in [6.07, 6.45) is 9.21. The monoisotopic (exact) mass is 485 g/mol. The zero-order chi connectivity index (χ0) is 24.0. The number of carbonyl (C=O) groups excluding carboxylic acids is 1. The summed E-state index contributed by atoms with van der Waals surface area (Å²) in [5.74, 6) is 0.985. The average Bonchev–Trinajstić information content (AvgIpc) is 3.29. The highest BCUT2D eigenvalue weighted by Crippen LogP contribution is 2.52. The maximum Gasteiger partial charge on any atom is 0.229 e. The molecule has 1 amide bonds. The molecule has 1 aromatic carbocycles. The number of H-pyrrole nitrogens is 1. The average molecular weight is 486 g/mol. The number of pyridine rings is 1. The third kappa shape index (κ3) is 4.22. The summed E-state index contributed by atoms with van der Waals surface area (Å²) in [7, 11) is 0. The third-order valence-electron chi connectivity index (χ3n) is 7.73. The number of benzene rings is 1. The summed E-state index contributed by atoms with van der Waals surface area (Å²) >= 11 is 1.64. The molecule has 1 aliphatic heterocycles. The van der Waals surface area contributed by atoms with Crippen LogP contribution in [-0.2, 0) is 4.79 Å². The molecule has 7 heteroatoms. The van der Waals surface area contributed by atoms with Crippen molar-refractivity contribution in [3.63, 3.8) is 0 Å². The Hall–Kier alpha value is -3.19. The summed E-state index contributed by atoms with van der Waals surface area (Å²) in [6, 6.07) is 10.4. The van der Waals surface area contributed by atoms with Crippen LogP contribution in [0.15, 0.2) is 48.1 Å². The third-order valence-corrected chi connectivity index (χ3v) is 8.52. The van der Waals surface area contributed by atoms with Crippen LogP contribution >= 0.6 is 11.3 Å². The number of hydrogen-bond acceptors (Lipinski definition) is 5. The van der Waals surface area contributed by atoms with Gasteiger partial charge >= 0.3 is 0 Å². The molecular weight excluding hydrogens is 454 g/mol. The van der Waals surface area contributed by atoms with Crippen LogP contribution in [0.2, 0.25) is 0 Å². The maximum absolute atomic E-state index is 13.3. The smallest absolute Gasteiger partial charge is 0.229 e. The maximum atomic E-state index is 13.3. The minimum Gasteiger partial charge on any atom is -0.355 e. The Morgan fingerprint density at radius 3 is 2.91 bits per heavy atom. The molecule has 0 spiro atoms. The van der Waals surface area contributed by atoms with E-state index in [2.05, 4.69) is 63.3 Å². The number of fused-ring (bicyclic) bond motifs is 2. The Kier molecular flexibility index (Phi) is 5.60. The van der Waals surface area contributed by atoms with Gasteiger partial charge in [0.05, 0.1) is 21.4 Å². The molecule has 35 heavy (non-hydrogen) atoms. The summed E-state index contributed by atoms with van der Waals surface area (Å²) < 4.78 is 1.17. The fourth-order valence-electron chi connectivity index (χ4n) is 5.30. The van der Waals surface area contributed by atoms with Crippen molar-refractivity contribution in [3.8, 4) is 0 Å². The first-order valence-electron chi connectivity index (χ1n) is 12.6. The molecule has 1 atom stereocenters. The molecular formula is C28H31N5OS. The van der Waals surface area contributed by atoms with Crippen LogP contribution in [0.5, 0.6) is 0 Å². The molecule has 1 unspecified atom stereocenters. The van der Waals surface area contributed by atoms with Crippen molar-refractivity contribution in [2.75, 3.05) is 18.4 Å². The predicted molar refractivity (Wildman–Crippen MR) is 144 cm³/mol. The van der Waals surface area contributed by atoms with E-state index in [4.69, 9.17) is 0 Å². The number of carbonyl (C=O) groups is 1. The molecule has 0 radical (unpaired) electrons. The van der Waals surface area contributed by atoms with Gasteiger partial charge in [-0.3, -0.25) is 4.79 Å². The normalized spacial score (nSPS) is 18.0. The van der Waals surface area contributed by atoms with E-state index in [1.165, 1.54) is 10.3 Å². The zero-order valence-corrected chi connectivity index (χ0v) is 21.1. The van der Waals surface area contributed by atoms with Crippen LogP contribution in [0.4, 0.5) is 11.4 Å². The van der Waals surface area contributed by atoms with Gasteiger partial charge < -0.3 is 15.2 Å². The molecule has 3 aromatic heterocycles. The fourth-order valence-corrected chi connectivity index (χ4v) is 6.01. The van der Waals surface area contributed by atoms with E-state index < -0.39 is 0 Å². The molecule has 4 aromatic rings. The van der Waals surface area contributed by atoms with Crippen molar-refractivity contribution in [3.05, 3.63) is 53.8 Å². The van der Waals surface area contributed by atoms with Gasteiger partial charge in [-0.1, -0.05) is 26.3 Å². The first kappa shape index (κ1) is 22.3. The largest absolute Gasteiger partial charge is 0.355 e. The van der Waals surface area contributed by atoms with Gasteiger partial charge in [0, 0.05) is 41.5 Å². The van der Waals surface area contributed by atoms with E-state index in [-0.39, 0.29) is 5.41 Å². The van der Waals surface area contributed by atoms with Crippen molar-refractivity contribution in [1.82, 2.24) is 19.9 Å². The van der Waals surface area contributed by atoms with Gasteiger partial charge in [-0.2, -0.15) is 0 Å². The summed E-state index contributed by atoms with van der Waals surface area (Å²) in [4.78, 5) is 27.8. The number of thiazole rings is 1. The zero-order valence-electron chi connectivity index (χ0n) is 20.3. The van der Waals surface area contributed by atoms with Gasteiger partial charge in [-0.05, 0) is 67.5 Å². The van der Waals surface area contributed by atoms with E-state index >= 15 is 0 Å². The Bertz CT molecular complexity index is 1430. The Morgan fingerprint density at radius 2 is 2.14 bits per heavy atom. The fraction of sp³-hybridized carbons (Fsp3) is 0.393. The number of nitrogens with zero attached hydrogens (tertiary/aromatic N) is 3. The Labute approximate surface area is 209 Å². The van der Waals surface area contributed by atoms with Crippen molar-refractivity contribution >= 4 is 55.4 Å². The SMILES string of the molecule is CCC(C)CC1(C(=O)N2CC=C(c3cc4c(Nc5ccc6ncsc6c5)ccnc4[nH]3)CC2)CC1. The first-order valence-corrected chi connectivity index (χ1v) is 13.5. The molecule has 1 aliphatic carbocycles. The second-order valence-corrected chi connectivity index (χ2v) is 11.1. The second kappa shape index (κ2) is 8.79. The minimum atomic E-state index is -0.0748. The highest BCUT2D eigenvalue weighted by atomic mass is 32.1. The Balaban J connectivity index is 1.20. The Morgan fingerprint density at radius 1 is 1.26 bits per heavy atom. The number of amides is 1. The summed E-state index contributed by atoms with van der Waals surface area (Å²) in [5, 5.41) is 4.62. The topological polar surface area (TPSA) is 73.9 Å². The van der Waals surface area contributed by atoms with E-state index in [9.17, 15) is 4.79 Å². The molecule has 1 fully saturated rings. The summed E-state index contributed by atoms with van der Waals surface area (Å²) in [5.41, 5.74) is 8.10. The number of aromatic amines is 1. The lowest BCUT2D eigenvalue weighted by atomic mass is 9.89. The van der Waals surface area contributed by atoms with Crippen LogP contribution in [0, 0.1) is 11.3 Å². The van der Waals surface area contributed by atoms with Gasteiger partial charge in [0.1, 0.15) is 5.65 Å². The molecule has 2 N–H and O–H groups in total. The molecule has 0 saturated heterocycles. The van der Waals surface area contributed by atoms with Crippen LogP contribution in [0.25, 0.3) is 26.8 Å². The highest BCUT2D eigenvalue weighted by Gasteiger charge is 2.51. The van der Waals surface area contributed by atoms with E-state index in [1.807, 2.05) is 23.8 Å². The molecule has 0 bridgehead atoms. The number of nitrogens with one attached hydrogen (secondary N) is 2. The van der Waals surface area contributed by atoms with Crippen molar-refractivity contribution in [2.45, 2.75) is 46.0 Å². The molecule has 180 valence electrons. The lowest BCUT2D eigenvalue weighted by Crippen LogP contribution is -2.40. The standard InChI is InChI=1S/C28H31N5OS/c1-3-18(2)16-28(9-10-28)27(34)33-12-7-19(8-13-33)24-15-21-22(6-11-29-26(21)32-24)31-20-4-5-23-25(14-20)35-17-30-23/h4-7,11,14-15,17-18H,3,8-10,12-13,16H2,1-2H3,(H2,29,31,32). The molecule has 6 rings (SSSR count). The second-order valence-electron chi connectivity index (χ2n) is 10.2. The number of aromatic nitrogens is 3. The predicted octanol–water partition coefficient (Wildman–Crippen LogP) is 6.75. The number of rotatable bonds is 7. The van der Waals surface area contributed by atoms with E-state index in [0.29, 0.717) is 18.4 Å². The van der Waals surface area contributed by atoms with Gasteiger partial charge in [0.2, 0.25) is 5.91 Å². The lowest BCUT2D eigenvalue weighted by molar-refractivity contribution is -0.137. The van der Waals surface area contributed by atoms with Gasteiger partial charge in [0.25, 0.3) is 0 Å². The highest BCUT2D eigenvalue weighted by molar-refractivity contribution is 7.16. The number of anilines is 2. The quantitative estimate of drug-likeness (QED) is 0.304. The van der Waals surface area contributed by atoms with Gasteiger partial charge in [-0.15, -0.1) is 11.3 Å². The van der Waals surface area contributed by atoms with Crippen molar-refractivity contribution in [1.29, 1.82) is 0 Å². The van der Waals surface area contributed by atoms with E-state index in [0.717, 1.165) is 72.3 Å². The van der Waals surface area contributed by atoms with E-state index in [1.54, 1.807) is 11.3 Å². The minimum absolute atomic E-state index is 0.0748. The van der Waals surface area contributed by atoms with Crippen molar-refractivity contribution in [2.24, 2.45) is 11.3 Å². The summed E-state index contributed by atoms with van der Waals surface area (Å²) in [6.45, 7) is 5.97. The first-order chi connectivity index (χ1) is 17.0. The molecule has 6 nitrogen and oxygen atoms in total. The van der Waals surface area contributed by atoms with Crippen LogP contribution in [0.1, 0.15) is 51.6 Å². The van der Waals surface area contributed by atoms with Gasteiger partial charge in [-0.25, -0.2) is 9.97 Å². The lowest BCUT2D eigenvalue weighted by Gasteiger charge is -2.31.